The van der Waals surface area contributed by atoms with E-state index in [4.69, 9.17) is 4.42 Å². The third-order valence-corrected chi connectivity index (χ3v) is 2.81. The molecule has 0 saturated carbocycles. The molecule has 2 amide bonds. The second-order valence-corrected chi connectivity index (χ2v) is 4.07. The summed E-state index contributed by atoms with van der Waals surface area (Å²) in [5.41, 5.74) is 0. The van der Waals surface area contributed by atoms with Crippen molar-refractivity contribution in [2.45, 2.75) is 19.3 Å². The standard InChI is InChI=1S/C12H16N2O3/c15-11-5-1-7-14(11)8-3-6-13-12(16)10-4-2-9-17-10/h2,4,9H,1,3,5-8H2,(H,13,16). The van der Waals surface area contributed by atoms with Crippen molar-refractivity contribution in [2.75, 3.05) is 19.6 Å². The first-order chi connectivity index (χ1) is 8.27. The van der Waals surface area contributed by atoms with Gasteiger partial charge in [0.2, 0.25) is 5.91 Å². The smallest absolute Gasteiger partial charge is 0.286 e. The molecule has 1 saturated heterocycles. The predicted molar refractivity (Wildman–Crippen MR) is 61.5 cm³/mol. The zero-order valence-corrected chi connectivity index (χ0v) is 9.65. The number of nitrogens with one attached hydrogen (secondary N) is 1. The van der Waals surface area contributed by atoms with Crippen molar-refractivity contribution in [3.05, 3.63) is 24.2 Å². The van der Waals surface area contributed by atoms with Crippen molar-refractivity contribution in [3.8, 4) is 0 Å². The van der Waals surface area contributed by atoms with Crippen LogP contribution >= 0.6 is 0 Å². The van der Waals surface area contributed by atoms with Gasteiger partial charge in [-0.05, 0) is 25.0 Å². The number of nitrogens with zero attached hydrogens (tertiary/aromatic N) is 1. The molecule has 2 heterocycles. The van der Waals surface area contributed by atoms with Gasteiger partial charge in [-0.1, -0.05) is 0 Å². The van der Waals surface area contributed by atoms with E-state index in [0.717, 1.165) is 25.9 Å². The molecule has 17 heavy (non-hydrogen) atoms. The third kappa shape index (κ3) is 3.09. The lowest BCUT2D eigenvalue weighted by molar-refractivity contribution is -0.127. The van der Waals surface area contributed by atoms with E-state index < -0.39 is 0 Å². The SMILES string of the molecule is O=C(NCCCN1CCCC1=O)c1ccco1. The molecule has 0 unspecified atom stereocenters. The summed E-state index contributed by atoms with van der Waals surface area (Å²) in [4.78, 5) is 24.6. The fraction of sp³-hybridized carbons (Fsp3) is 0.500. The van der Waals surface area contributed by atoms with Crippen molar-refractivity contribution >= 4 is 11.8 Å². The number of carbonyl (C=O) groups is 2. The molecule has 5 heteroatoms. The Bertz CT molecular complexity index is 386. The molecule has 0 radical (unpaired) electrons. The summed E-state index contributed by atoms with van der Waals surface area (Å²) in [6, 6.07) is 3.30. The van der Waals surface area contributed by atoms with Crippen molar-refractivity contribution < 1.29 is 14.0 Å². The predicted octanol–water partition coefficient (Wildman–Crippen LogP) is 1.02. The second-order valence-electron chi connectivity index (χ2n) is 4.07. The lowest BCUT2D eigenvalue weighted by atomic mass is 10.3. The second kappa shape index (κ2) is 5.52. The Morgan fingerprint density at radius 2 is 2.41 bits per heavy atom. The molecule has 1 aromatic heterocycles. The lowest BCUT2D eigenvalue weighted by Gasteiger charge is -2.14. The van der Waals surface area contributed by atoms with Crippen LogP contribution in [0.15, 0.2) is 22.8 Å². The Hall–Kier alpha value is -1.78. The fourth-order valence-corrected chi connectivity index (χ4v) is 1.91. The number of rotatable bonds is 5. The van der Waals surface area contributed by atoms with Gasteiger partial charge in [0.05, 0.1) is 6.26 Å². The average molecular weight is 236 g/mol. The first-order valence-corrected chi connectivity index (χ1v) is 5.87. The average Bonchev–Trinajstić information content (AvgIpc) is 2.96. The number of hydrogen-bond acceptors (Lipinski definition) is 3. The molecule has 0 aliphatic carbocycles. The molecule has 1 N–H and O–H groups in total. The molecule has 92 valence electrons. The van der Waals surface area contributed by atoms with Gasteiger partial charge >= 0.3 is 0 Å². The summed E-state index contributed by atoms with van der Waals surface area (Å²) in [6.45, 7) is 2.13. The third-order valence-electron chi connectivity index (χ3n) is 2.81. The molecule has 1 aliphatic heterocycles. The highest BCUT2D eigenvalue weighted by Gasteiger charge is 2.19. The van der Waals surface area contributed by atoms with E-state index in [9.17, 15) is 9.59 Å². The Labute approximate surface area is 99.8 Å². The van der Waals surface area contributed by atoms with E-state index in [2.05, 4.69) is 5.32 Å². The van der Waals surface area contributed by atoms with Crippen molar-refractivity contribution in [3.63, 3.8) is 0 Å². The number of furan rings is 1. The lowest BCUT2D eigenvalue weighted by Crippen LogP contribution is -2.30. The maximum absolute atomic E-state index is 11.5. The number of carbonyl (C=O) groups excluding carboxylic acids is 2. The van der Waals surface area contributed by atoms with Crippen LogP contribution < -0.4 is 5.32 Å². The molecule has 0 bridgehead atoms. The van der Waals surface area contributed by atoms with E-state index in [-0.39, 0.29) is 11.8 Å². The Kier molecular flexibility index (Phi) is 3.80. The molecular formula is C12H16N2O3. The van der Waals surface area contributed by atoms with E-state index in [0.29, 0.717) is 18.7 Å². The van der Waals surface area contributed by atoms with Crippen LogP contribution in [0.4, 0.5) is 0 Å². The van der Waals surface area contributed by atoms with Gasteiger partial charge in [0.15, 0.2) is 5.76 Å². The van der Waals surface area contributed by atoms with Crippen LogP contribution in [-0.4, -0.2) is 36.3 Å². The van der Waals surface area contributed by atoms with Crippen LogP contribution in [0.1, 0.15) is 29.8 Å². The topological polar surface area (TPSA) is 62.6 Å². The monoisotopic (exact) mass is 236 g/mol. The van der Waals surface area contributed by atoms with Gasteiger partial charge in [0, 0.05) is 26.1 Å². The van der Waals surface area contributed by atoms with Crippen LogP contribution in [0.3, 0.4) is 0 Å². The van der Waals surface area contributed by atoms with Crippen LogP contribution in [-0.2, 0) is 4.79 Å². The van der Waals surface area contributed by atoms with Crippen molar-refractivity contribution in [1.29, 1.82) is 0 Å². The van der Waals surface area contributed by atoms with Gasteiger partial charge in [0.25, 0.3) is 5.91 Å². The highest BCUT2D eigenvalue weighted by atomic mass is 16.3. The summed E-state index contributed by atoms with van der Waals surface area (Å²) in [6.07, 6.45) is 3.87. The maximum Gasteiger partial charge on any atom is 0.286 e. The quantitative estimate of drug-likeness (QED) is 0.776. The van der Waals surface area contributed by atoms with Gasteiger partial charge in [-0.3, -0.25) is 9.59 Å². The van der Waals surface area contributed by atoms with E-state index >= 15 is 0 Å². The number of amides is 2. The Morgan fingerprint density at radius 3 is 3.06 bits per heavy atom. The van der Waals surface area contributed by atoms with E-state index in [1.165, 1.54) is 6.26 Å². The molecule has 0 spiro atoms. The van der Waals surface area contributed by atoms with Gasteiger partial charge in [-0.25, -0.2) is 0 Å². The minimum atomic E-state index is -0.206. The molecule has 5 nitrogen and oxygen atoms in total. The number of hydrogen-bond donors (Lipinski definition) is 1. The van der Waals surface area contributed by atoms with Crippen LogP contribution in [0.25, 0.3) is 0 Å². The van der Waals surface area contributed by atoms with Crippen LogP contribution in [0, 0.1) is 0 Å². The van der Waals surface area contributed by atoms with Crippen molar-refractivity contribution in [2.24, 2.45) is 0 Å². The first-order valence-electron chi connectivity index (χ1n) is 5.87. The molecule has 1 aliphatic rings. The van der Waals surface area contributed by atoms with Crippen LogP contribution in [0.5, 0.6) is 0 Å². The first kappa shape index (κ1) is 11.7. The normalized spacial score (nSPS) is 15.3. The summed E-state index contributed by atoms with van der Waals surface area (Å²) >= 11 is 0. The van der Waals surface area contributed by atoms with Crippen molar-refractivity contribution in [1.82, 2.24) is 10.2 Å². The van der Waals surface area contributed by atoms with Gasteiger partial charge in [-0.2, -0.15) is 0 Å². The molecule has 1 aromatic rings. The van der Waals surface area contributed by atoms with Gasteiger partial charge < -0.3 is 14.6 Å². The molecular weight excluding hydrogens is 220 g/mol. The molecule has 0 aromatic carbocycles. The zero-order valence-electron chi connectivity index (χ0n) is 9.65. The minimum Gasteiger partial charge on any atom is -0.459 e. The fourth-order valence-electron chi connectivity index (χ4n) is 1.91. The summed E-state index contributed by atoms with van der Waals surface area (Å²) in [7, 11) is 0. The summed E-state index contributed by atoms with van der Waals surface area (Å²) in [5.74, 6) is 0.340. The summed E-state index contributed by atoms with van der Waals surface area (Å²) in [5, 5.41) is 2.75. The van der Waals surface area contributed by atoms with E-state index in [1.54, 1.807) is 12.1 Å². The largest absolute Gasteiger partial charge is 0.459 e. The molecule has 0 atom stereocenters. The molecule has 2 rings (SSSR count). The van der Waals surface area contributed by atoms with Gasteiger partial charge in [-0.15, -0.1) is 0 Å². The van der Waals surface area contributed by atoms with Gasteiger partial charge in [0.1, 0.15) is 0 Å². The Balaban J connectivity index is 1.63. The molecule has 1 fully saturated rings. The minimum absolute atomic E-state index is 0.206. The highest BCUT2D eigenvalue weighted by Crippen LogP contribution is 2.09. The highest BCUT2D eigenvalue weighted by molar-refractivity contribution is 5.91. The van der Waals surface area contributed by atoms with E-state index in [1.807, 2.05) is 4.90 Å². The summed E-state index contributed by atoms with van der Waals surface area (Å²) < 4.78 is 4.97. The Morgan fingerprint density at radius 1 is 1.53 bits per heavy atom. The zero-order chi connectivity index (χ0) is 12.1. The number of likely N-dealkylation sites (tertiary alicyclic amines) is 1. The van der Waals surface area contributed by atoms with Crippen LogP contribution in [0.2, 0.25) is 0 Å². The maximum atomic E-state index is 11.5.